The van der Waals surface area contributed by atoms with Crippen LogP contribution in [0.3, 0.4) is 0 Å². The summed E-state index contributed by atoms with van der Waals surface area (Å²) in [6.45, 7) is 3.24. The lowest BCUT2D eigenvalue weighted by atomic mass is 9.93. The van der Waals surface area contributed by atoms with Gasteiger partial charge in [-0.2, -0.15) is 0 Å². The van der Waals surface area contributed by atoms with Gasteiger partial charge >= 0.3 is 0 Å². The summed E-state index contributed by atoms with van der Waals surface area (Å²) < 4.78 is 17.3. The van der Waals surface area contributed by atoms with Gasteiger partial charge in [0.1, 0.15) is 22.8 Å². The average Bonchev–Trinajstić information content (AvgIpc) is 2.86. The lowest BCUT2D eigenvalue weighted by molar-refractivity contribution is 0.122. The maximum atomic E-state index is 6.51. The third-order valence-electron chi connectivity index (χ3n) is 6.19. The van der Waals surface area contributed by atoms with Crippen LogP contribution in [0.1, 0.15) is 25.7 Å². The number of benzene rings is 1. The van der Waals surface area contributed by atoms with Crippen LogP contribution < -0.4 is 19.7 Å². The van der Waals surface area contributed by atoms with Crippen LogP contribution in [0, 0.1) is 0 Å². The molecule has 5 rings (SSSR count). The zero-order valence-electron chi connectivity index (χ0n) is 18.4. The predicted molar refractivity (Wildman–Crippen MR) is 124 cm³/mol. The van der Waals surface area contributed by atoms with Crippen molar-refractivity contribution < 1.29 is 14.2 Å². The first-order valence-corrected chi connectivity index (χ1v) is 11.3. The molecule has 1 saturated carbocycles. The van der Waals surface area contributed by atoms with E-state index < -0.39 is 0 Å². The minimum atomic E-state index is 0.163. The predicted octanol–water partition coefficient (Wildman–Crippen LogP) is 3.67. The van der Waals surface area contributed by atoms with Crippen molar-refractivity contribution in [1.82, 2.24) is 15.0 Å². The molecule has 8 heteroatoms. The van der Waals surface area contributed by atoms with Crippen molar-refractivity contribution in [2.24, 2.45) is 0 Å². The summed E-state index contributed by atoms with van der Waals surface area (Å²) in [5.41, 5.74) is 2.81. The molecule has 0 spiro atoms. The zero-order chi connectivity index (χ0) is 21.8. The summed E-state index contributed by atoms with van der Waals surface area (Å²) in [6.07, 6.45) is 9.40. The fourth-order valence-corrected chi connectivity index (χ4v) is 4.45. The molecule has 1 saturated heterocycles. The van der Waals surface area contributed by atoms with Gasteiger partial charge in [0.25, 0.3) is 0 Å². The summed E-state index contributed by atoms with van der Waals surface area (Å²) in [7, 11) is 1.67. The van der Waals surface area contributed by atoms with Crippen LogP contribution in [0.2, 0.25) is 0 Å². The van der Waals surface area contributed by atoms with Crippen LogP contribution in [-0.2, 0) is 4.74 Å². The van der Waals surface area contributed by atoms with Crippen molar-refractivity contribution >= 4 is 22.5 Å². The molecule has 2 aromatic heterocycles. The minimum Gasteiger partial charge on any atom is -0.497 e. The number of methoxy groups -OCH3 is 1. The molecular formula is C24H29N5O3. The molecular weight excluding hydrogens is 406 g/mol. The van der Waals surface area contributed by atoms with E-state index in [1.54, 1.807) is 25.7 Å². The van der Waals surface area contributed by atoms with Crippen LogP contribution in [0.4, 0.5) is 11.5 Å². The van der Waals surface area contributed by atoms with Gasteiger partial charge in [0, 0.05) is 55.5 Å². The van der Waals surface area contributed by atoms with E-state index in [1.807, 2.05) is 12.1 Å². The second-order valence-electron chi connectivity index (χ2n) is 8.28. The highest BCUT2D eigenvalue weighted by Crippen LogP contribution is 2.33. The normalized spacial score (nSPS) is 21.3. The van der Waals surface area contributed by atoms with E-state index in [4.69, 9.17) is 14.2 Å². The lowest BCUT2D eigenvalue weighted by Gasteiger charge is -2.31. The largest absolute Gasteiger partial charge is 0.497 e. The van der Waals surface area contributed by atoms with Crippen LogP contribution in [0.25, 0.3) is 11.0 Å². The maximum absolute atomic E-state index is 6.51. The Morgan fingerprint density at radius 3 is 2.59 bits per heavy atom. The lowest BCUT2D eigenvalue weighted by Crippen LogP contribution is -2.36. The number of nitrogens with zero attached hydrogens (tertiary/aromatic N) is 4. The van der Waals surface area contributed by atoms with E-state index in [0.717, 1.165) is 86.0 Å². The summed E-state index contributed by atoms with van der Waals surface area (Å²) >= 11 is 0. The van der Waals surface area contributed by atoms with E-state index in [2.05, 4.69) is 37.3 Å². The number of anilines is 2. The Kier molecular flexibility index (Phi) is 6.20. The Hall–Kier alpha value is -3.13. The molecule has 1 aliphatic carbocycles. The molecule has 0 radical (unpaired) electrons. The number of morpholine rings is 1. The Balaban J connectivity index is 1.26. The summed E-state index contributed by atoms with van der Waals surface area (Å²) in [4.78, 5) is 15.8. The van der Waals surface area contributed by atoms with Gasteiger partial charge in [-0.3, -0.25) is 4.98 Å². The van der Waals surface area contributed by atoms with E-state index in [0.29, 0.717) is 6.04 Å². The van der Waals surface area contributed by atoms with Crippen molar-refractivity contribution in [3.05, 3.63) is 42.9 Å². The number of ether oxygens (including phenoxy) is 3. The molecule has 0 amide bonds. The second-order valence-corrected chi connectivity index (χ2v) is 8.28. The Bertz CT molecular complexity index is 1050. The number of nitrogens with one attached hydrogen (secondary N) is 1. The topological polar surface area (TPSA) is 81.6 Å². The van der Waals surface area contributed by atoms with Gasteiger partial charge in [-0.15, -0.1) is 0 Å². The van der Waals surface area contributed by atoms with Crippen molar-refractivity contribution in [3.63, 3.8) is 0 Å². The molecule has 0 atom stereocenters. The van der Waals surface area contributed by atoms with Gasteiger partial charge in [0.2, 0.25) is 0 Å². The van der Waals surface area contributed by atoms with Crippen molar-refractivity contribution in [2.45, 2.75) is 37.8 Å². The smallest absolute Gasteiger partial charge is 0.149 e. The number of pyridine rings is 1. The molecule has 1 N–H and O–H groups in total. The van der Waals surface area contributed by atoms with Crippen molar-refractivity contribution in [1.29, 1.82) is 0 Å². The van der Waals surface area contributed by atoms with Gasteiger partial charge in [-0.1, -0.05) is 0 Å². The number of fused-ring (bicyclic) bond motifs is 1. The first-order chi connectivity index (χ1) is 15.8. The Morgan fingerprint density at radius 2 is 1.78 bits per heavy atom. The molecule has 8 nitrogen and oxygen atoms in total. The van der Waals surface area contributed by atoms with Crippen LogP contribution >= 0.6 is 0 Å². The first kappa shape index (κ1) is 20.8. The van der Waals surface area contributed by atoms with Crippen LogP contribution in [-0.4, -0.2) is 60.5 Å². The van der Waals surface area contributed by atoms with Crippen LogP contribution in [0.15, 0.2) is 42.9 Å². The van der Waals surface area contributed by atoms with E-state index >= 15 is 0 Å². The van der Waals surface area contributed by atoms with Gasteiger partial charge in [0.05, 0.1) is 31.9 Å². The van der Waals surface area contributed by atoms with Gasteiger partial charge in [-0.25, -0.2) is 9.97 Å². The second kappa shape index (κ2) is 9.56. The number of aromatic nitrogens is 3. The minimum absolute atomic E-state index is 0.163. The zero-order valence-corrected chi connectivity index (χ0v) is 18.4. The third kappa shape index (κ3) is 4.70. The van der Waals surface area contributed by atoms with Crippen LogP contribution in [0.5, 0.6) is 11.5 Å². The summed E-state index contributed by atoms with van der Waals surface area (Å²) in [5, 5.41) is 3.53. The SMILES string of the molecule is COc1ccnc(N[C@H]2CC[C@@H](Oc3cc(N4CCOCC4)cc4nccnc34)CC2)c1. The van der Waals surface area contributed by atoms with Gasteiger partial charge in [0.15, 0.2) is 0 Å². The standard InChI is InChI=1S/C24H29N5O3/c1-30-20-6-7-26-23(16-20)28-17-2-4-19(5-3-17)32-22-15-18(29-10-12-31-13-11-29)14-21-24(22)27-9-8-25-21/h6-9,14-17,19H,2-5,10-13H2,1H3,(H,26,28)/t17-,19+. The molecule has 3 heterocycles. The fourth-order valence-electron chi connectivity index (χ4n) is 4.45. The molecule has 3 aromatic rings. The highest BCUT2D eigenvalue weighted by Gasteiger charge is 2.24. The molecule has 0 unspecified atom stereocenters. The van der Waals surface area contributed by atoms with E-state index in [-0.39, 0.29) is 6.10 Å². The molecule has 168 valence electrons. The fraction of sp³-hybridized carbons (Fsp3) is 0.458. The monoisotopic (exact) mass is 435 g/mol. The quantitative estimate of drug-likeness (QED) is 0.628. The van der Waals surface area contributed by atoms with E-state index in [9.17, 15) is 0 Å². The van der Waals surface area contributed by atoms with Gasteiger partial charge in [-0.05, 0) is 37.8 Å². The molecule has 1 aromatic carbocycles. The average molecular weight is 436 g/mol. The molecule has 1 aliphatic heterocycles. The summed E-state index contributed by atoms with van der Waals surface area (Å²) in [5.74, 6) is 2.49. The highest BCUT2D eigenvalue weighted by atomic mass is 16.5. The molecule has 0 bridgehead atoms. The highest BCUT2D eigenvalue weighted by molar-refractivity contribution is 5.85. The van der Waals surface area contributed by atoms with Crippen molar-refractivity contribution in [3.8, 4) is 11.5 Å². The number of hydrogen-bond donors (Lipinski definition) is 1. The number of rotatable bonds is 6. The first-order valence-electron chi connectivity index (χ1n) is 11.3. The summed E-state index contributed by atoms with van der Waals surface area (Å²) in [6, 6.07) is 8.39. The third-order valence-corrected chi connectivity index (χ3v) is 6.19. The number of hydrogen-bond acceptors (Lipinski definition) is 8. The van der Waals surface area contributed by atoms with Crippen molar-refractivity contribution in [2.75, 3.05) is 43.6 Å². The van der Waals surface area contributed by atoms with Gasteiger partial charge < -0.3 is 24.4 Å². The molecule has 2 aliphatic rings. The van der Waals surface area contributed by atoms with E-state index in [1.165, 1.54) is 0 Å². The molecule has 2 fully saturated rings. The Morgan fingerprint density at radius 1 is 0.969 bits per heavy atom. The Labute approximate surface area is 187 Å². The maximum Gasteiger partial charge on any atom is 0.149 e. The molecule has 32 heavy (non-hydrogen) atoms.